The summed E-state index contributed by atoms with van der Waals surface area (Å²) >= 11 is 0. The van der Waals surface area contributed by atoms with Crippen molar-refractivity contribution in [1.29, 1.82) is 0 Å². The van der Waals surface area contributed by atoms with Crippen LogP contribution >= 0.6 is 0 Å². The first-order valence-corrected chi connectivity index (χ1v) is 12.8. The highest BCUT2D eigenvalue weighted by Crippen LogP contribution is 2.38. The van der Waals surface area contributed by atoms with Crippen LogP contribution in [0.4, 0.5) is 21.0 Å². The second-order valence-corrected chi connectivity index (χ2v) is 11.3. The number of aryl methyl sites for hydroxylation is 1. The summed E-state index contributed by atoms with van der Waals surface area (Å²) in [6, 6.07) is 22.6. The van der Waals surface area contributed by atoms with Crippen LogP contribution in [-0.2, 0) is 16.1 Å². The van der Waals surface area contributed by atoms with Crippen LogP contribution in [-0.4, -0.2) is 34.2 Å². The molecule has 4 rings (SSSR count). The lowest BCUT2D eigenvalue weighted by Crippen LogP contribution is -2.57. The first-order chi connectivity index (χ1) is 18.3. The van der Waals surface area contributed by atoms with Crippen LogP contribution in [0.25, 0.3) is 0 Å². The third-order valence-electron chi connectivity index (χ3n) is 5.48. The van der Waals surface area contributed by atoms with E-state index < -0.39 is 23.4 Å². The lowest BCUT2D eigenvalue weighted by molar-refractivity contribution is 0.0256. The van der Waals surface area contributed by atoms with Gasteiger partial charge in [-0.3, -0.25) is 0 Å². The van der Waals surface area contributed by atoms with E-state index in [1.165, 1.54) is 5.01 Å². The van der Waals surface area contributed by atoms with Crippen molar-refractivity contribution >= 4 is 29.4 Å². The van der Waals surface area contributed by atoms with Gasteiger partial charge in [0.05, 0.1) is 11.4 Å². The third-order valence-corrected chi connectivity index (χ3v) is 5.48. The molecule has 0 radical (unpaired) electrons. The number of benzene rings is 3. The van der Waals surface area contributed by atoms with E-state index in [0.717, 1.165) is 16.1 Å². The molecule has 1 aliphatic heterocycles. The average molecular weight is 530 g/mol. The van der Waals surface area contributed by atoms with E-state index in [1.807, 2.05) is 49.4 Å². The number of hydrogen-bond donors (Lipinski definition) is 0. The zero-order chi connectivity index (χ0) is 28.4. The van der Waals surface area contributed by atoms with Crippen LogP contribution < -0.4 is 9.75 Å². The molecular weight excluding hydrogens is 494 g/mol. The van der Waals surface area contributed by atoms with Crippen LogP contribution in [0.15, 0.2) is 77.8 Å². The largest absolute Gasteiger partial charge is 0.489 e. The van der Waals surface area contributed by atoms with Crippen molar-refractivity contribution in [3.05, 3.63) is 89.5 Å². The number of fused-ring (bicyclic) bond motifs is 1. The monoisotopic (exact) mass is 529 g/mol. The number of ether oxygens (including phenoxy) is 3. The van der Waals surface area contributed by atoms with Gasteiger partial charge < -0.3 is 14.2 Å². The highest BCUT2D eigenvalue weighted by molar-refractivity contribution is 6.14. The molecule has 204 valence electrons. The number of nitrogens with zero attached hydrogens (tertiary/aromatic N) is 3. The fourth-order valence-corrected chi connectivity index (χ4v) is 3.85. The molecule has 0 fully saturated rings. The Kier molecular flexibility index (Phi) is 7.67. The lowest BCUT2D eigenvalue weighted by Gasteiger charge is -2.39. The molecule has 0 spiro atoms. The zero-order valence-corrected chi connectivity index (χ0v) is 23.5. The normalized spacial score (nSPS) is 13.4. The summed E-state index contributed by atoms with van der Waals surface area (Å²) in [7, 11) is 0. The molecule has 0 bridgehead atoms. The molecule has 0 saturated heterocycles. The average Bonchev–Trinajstić information content (AvgIpc) is 2.85. The maximum atomic E-state index is 13.6. The summed E-state index contributed by atoms with van der Waals surface area (Å²) in [5.74, 6) is 0.879. The number of amidine groups is 1. The van der Waals surface area contributed by atoms with Gasteiger partial charge in [0, 0.05) is 5.56 Å². The van der Waals surface area contributed by atoms with Gasteiger partial charge in [-0.25, -0.2) is 14.6 Å². The Morgan fingerprint density at radius 3 is 1.95 bits per heavy atom. The molecule has 0 aromatic heterocycles. The van der Waals surface area contributed by atoms with Gasteiger partial charge in [0.25, 0.3) is 0 Å². The molecule has 39 heavy (non-hydrogen) atoms. The molecule has 0 saturated carbocycles. The van der Waals surface area contributed by atoms with E-state index in [1.54, 1.807) is 71.9 Å². The topological polar surface area (TPSA) is 80.7 Å². The fraction of sp³-hybridized carbons (Fsp3) is 0.323. The molecule has 3 aromatic carbocycles. The van der Waals surface area contributed by atoms with E-state index in [4.69, 9.17) is 19.2 Å². The maximum absolute atomic E-state index is 13.6. The minimum Gasteiger partial charge on any atom is -0.489 e. The fourth-order valence-electron chi connectivity index (χ4n) is 3.85. The van der Waals surface area contributed by atoms with Crippen molar-refractivity contribution in [3.8, 4) is 5.75 Å². The summed E-state index contributed by atoms with van der Waals surface area (Å²) in [4.78, 5) is 32.0. The minimum atomic E-state index is -0.816. The highest BCUT2D eigenvalue weighted by atomic mass is 16.6. The van der Waals surface area contributed by atoms with Gasteiger partial charge in [-0.05, 0) is 96.0 Å². The van der Waals surface area contributed by atoms with Crippen LogP contribution in [0.1, 0.15) is 58.2 Å². The molecule has 1 aliphatic rings. The second kappa shape index (κ2) is 10.8. The number of carbonyl (C=O) groups excluding carboxylic acids is 2. The Balaban J connectivity index is 1.76. The van der Waals surface area contributed by atoms with E-state index in [0.29, 0.717) is 29.3 Å². The first-order valence-electron chi connectivity index (χ1n) is 12.8. The van der Waals surface area contributed by atoms with Crippen molar-refractivity contribution in [2.24, 2.45) is 4.99 Å². The van der Waals surface area contributed by atoms with E-state index in [2.05, 4.69) is 0 Å². The summed E-state index contributed by atoms with van der Waals surface area (Å²) in [6.45, 7) is 12.9. The summed E-state index contributed by atoms with van der Waals surface area (Å²) in [5, 5.41) is 2.34. The molecule has 0 unspecified atom stereocenters. The second-order valence-electron chi connectivity index (χ2n) is 11.3. The number of hydrogen-bond acceptors (Lipinski definition) is 6. The molecule has 8 nitrogen and oxygen atoms in total. The first kappa shape index (κ1) is 27.7. The Hall–Kier alpha value is -4.33. The van der Waals surface area contributed by atoms with Crippen molar-refractivity contribution in [2.75, 3.05) is 5.01 Å². The van der Waals surface area contributed by atoms with Crippen LogP contribution in [0.5, 0.6) is 5.75 Å². The number of hydrazine groups is 1. The molecule has 0 aliphatic carbocycles. The molecule has 8 heteroatoms. The van der Waals surface area contributed by atoms with Gasteiger partial charge in [-0.1, -0.05) is 36.4 Å². The summed E-state index contributed by atoms with van der Waals surface area (Å²) in [5.41, 5.74) is 1.86. The molecule has 0 atom stereocenters. The molecule has 2 amide bonds. The Labute approximate surface area is 229 Å². The number of rotatable bonds is 4. The van der Waals surface area contributed by atoms with Crippen molar-refractivity contribution in [3.63, 3.8) is 0 Å². The smallest absolute Gasteiger partial charge is 0.436 e. The van der Waals surface area contributed by atoms with Crippen molar-refractivity contribution in [1.82, 2.24) is 5.01 Å². The van der Waals surface area contributed by atoms with E-state index in [-0.39, 0.29) is 5.84 Å². The molecule has 3 aromatic rings. The van der Waals surface area contributed by atoms with Gasteiger partial charge in [-0.2, -0.15) is 10.0 Å². The van der Waals surface area contributed by atoms with Gasteiger partial charge in [0.15, 0.2) is 5.84 Å². The van der Waals surface area contributed by atoms with Gasteiger partial charge in [-0.15, -0.1) is 0 Å². The lowest BCUT2D eigenvalue weighted by atomic mass is 10.1. The number of anilines is 1. The van der Waals surface area contributed by atoms with Crippen LogP contribution in [0, 0.1) is 6.92 Å². The Morgan fingerprint density at radius 2 is 1.36 bits per heavy atom. The predicted octanol–water partition coefficient (Wildman–Crippen LogP) is 7.56. The van der Waals surface area contributed by atoms with Crippen LogP contribution in [0.2, 0.25) is 0 Å². The number of amides is 2. The van der Waals surface area contributed by atoms with E-state index >= 15 is 0 Å². The van der Waals surface area contributed by atoms with Crippen molar-refractivity contribution in [2.45, 2.75) is 66.3 Å². The van der Waals surface area contributed by atoms with Gasteiger partial charge >= 0.3 is 12.2 Å². The van der Waals surface area contributed by atoms with E-state index in [9.17, 15) is 9.59 Å². The number of carbonyl (C=O) groups is 2. The van der Waals surface area contributed by atoms with Gasteiger partial charge in [0.1, 0.15) is 23.6 Å². The molecular formula is C31H35N3O5. The minimum absolute atomic E-state index is 0.223. The quantitative estimate of drug-likeness (QED) is 0.348. The predicted molar refractivity (Wildman–Crippen MR) is 151 cm³/mol. The summed E-state index contributed by atoms with van der Waals surface area (Å²) in [6.07, 6.45) is -1.49. The molecule has 1 heterocycles. The van der Waals surface area contributed by atoms with Crippen molar-refractivity contribution < 1.29 is 23.8 Å². The van der Waals surface area contributed by atoms with Crippen LogP contribution in [0.3, 0.4) is 0 Å². The highest BCUT2D eigenvalue weighted by Gasteiger charge is 2.41. The third kappa shape index (κ3) is 6.96. The summed E-state index contributed by atoms with van der Waals surface area (Å²) < 4.78 is 17.4. The van der Waals surface area contributed by atoms with Gasteiger partial charge in [0.2, 0.25) is 0 Å². The maximum Gasteiger partial charge on any atom is 0.436 e. The Bertz CT molecular complexity index is 1370. The molecule has 0 N–H and O–H groups in total. The zero-order valence-electron chi connectivity index (χ0n) is 23.5. The Morgan fingerprint density at radius 1 is 0.769 bits per heavy atom. The standard InChI is InChI=1S/C31H35N3O5/c1-21-13-18-25-26(19-21)33(28(35)38-30(2,3)4)34(29(36)39-31(5,6)7)27(32-25)23-14-16-24(17-15-23)37-20-22-11-9-8-10-12-22/h8-19H,20H2,1-7H3. The SMILES string of the molecule is Cc1ccc2c(c1)N(C(=O)OC(C)(C)C)N(C(=O)OC(C)(C)C)C(c1ccc(OCc3ccccc3)cc1)=N2. The number of aliphatic imine (C=N–C) groups is 1.